The first-order valence-electron chi connectivity index (χ1n) is 9.61. The van der Waals surface area contributed by atoms with Gasteiger partial charge < -0.3 is 15.0 Å². The number of hydrogen-bond donors (Lipinski definition) is 1. The van der Waals surface area contributed by atoms with Crippen LogP contribution in [0.2, 0.25) is 0 Å². The molecule has 1 aromatic carbocycles. The first kappa shape index (κ1) is 18.7. The molecule has 1 atom stereocenters. The second kappa shape index (κ2) is 8.14. The zero-order chi connectivity index (χ0) is 19.5. The molecule has 1 amide bonds. The van der Waals surface area contributed by atoms with Crippen LogP contribution in [-0.4, -0.2) is 36.1 Å². The normalized spacial score (nSPS) is 16.9. The predicted octanol–water partition coefficient (Wildman–Crippen LogP) is 4.12. The molecule has 0 aliphatic carbocycles. The Kier molecular flexibility index (Phi) is 5.43. The van der Waals surface area contributed by atoms with Crippen LogP contribution in [0.1, 0.15) is 24.6 Å². The van der Waals surface area contributed by atoms with Gasteiger partial charge in [-0.15, -0.1) is 11.3 Å². The summed E-state index contributed by atoms with van der Waals surface area (Å²) in [6.07, 6.45) is 4.45. The molecule has 1 N–H and O–H groups in total. The van der Waals surface area contributed by atoms with Crippen molar-refractivity contribution in [3.05, 3.63) is 41.5 Å². The number of hydrogen-bond acceptors (Lipinski definition) is 6. The quantitative estimate of drug-likeness (QED) is 0.703. The lowest BCUT2D eigenvalue weighted by atomic mass is 9.96. The molecule has 1 aliphatic rings. The summed E-state index contributed by atoms with van der Waals surface area (Å²) in [7, 11) is 1.61. The van der Waals surface area contributed by atoms with Gasteiger partial charge in [-0.2, -0.15) is 0 Å². The fourth-order valence-corrected chi connectivity index (χ4v) is 4.61. The van der Waals surface area contributed by atoms with Gasteiger partial charge in [0.2, 0.25) is 5.91 Å². The fraction of sp³-hybridized carbons (Fsp3) is 0.381. The van der Waals surface area contributed by atoms with E-state index in [0.717, 1.165) is 41.8 Å². The van der Waals surface area contributed by atoms with Crippen LogP contribution in [0.25, 0.3) is 10.2 Å². The van der Waals surface area contributed by atoms with Gasteiger partial charge in [0.25, 0.3) is 0 Å². The number of thiophene rings is 1. The minimum atomic E-state index is -0.0899. The average molecular weight is 397 g/mol. The molecular formula is C21H24N4O2S. The number of aromatic nitrogens is 2. The topological polar surface area (TPSA) is 67.4 Å². The number of benzene rings is 1. The number of methoxy groups -OCH3 is 1. The van der Waals surface area contributed by atoms with Crippen molar-refractivity contribution in [2.45, 2.75) is 26.2 Å². The summed E-state index contributed by atoms with van der Waals surface area (Å²) in [5.74, 6) is 1.55. The molecule has 0 saturated carbocycles. The minimum Gasteiger partial charge on any atom is -0.495 e. The molecule has 1 aliphatic heterocycles. The molecule has 28 heavy (non-hydrogen) atoms. The molecule has 3 heterocycles. The average Bonchev–Trinajstić information content (AvgIpc) is 3.17. The second-order valence-electron chi connectivity index (χ2n) is 6.96. The summed E-state index contributed by atoms with van der Waals surface area (Å²) in [5, 5.41) is 4.13. The lowest BCUT2D eigenvalue weighted by Crippen LogP contribution is -2.41. The maximum absolute atomic E-state index is 12.9. The van der Waals surface area contributed by atoms with Crippen LogP contribution in [-0.2, 0) is 11.2 Å². The van der Waals surface area contributed by atoms with Gasteiger partial charge in [-0.25, -0.2) is 9.97 Å². The smallest absolute Gasteiger partial charge is 0.229 e. The van der Waals surface area contributed by atoms with E-state index in [9.17, 15) is 4.79 Å². The Balaban J connectivity index is 1.53. The largest absolute Gasteiger partial charge is 0.495 e. The Labute approximate surface area is 168 Å². The van der Waals surface area contributed by atoms with E-state index in [4.69, 9.17) is 4.74 Å². The fourth-order valence-electron chi connectivity index (χ4n) is 3.69. The number of aryl methyl sites for hydroxylation is 1. The number of carbonyl (C=O) groups excluding carboxylic acids is 1. The van der Waals surface area contributed by atoms with E-state index in [-0.39, 0.29) is 11.8 Å². The molecule has 6 nitrogen and oxygen atoms in total. The first-order chi connectivity index (χ1) is 13.7. The molecule has 146 valence electrons. The summed E-state index contributed by atoms with van der Waals surface area (Å²) in [5.41, 5.74) is 0.710. The molecule has 1 saturated heterocycles. The van der Waals surface area contributed by atoms with Gasteiger partial charge >= 0.3 is 0 Å². The third-order valence-electron chi connectivity index (χ3n) is 5.16. The standard InChI is InChI=1S/C21H24N4O2S/c1-3-15-11-16-19(22-13-23-21(16)28-15)25-10-6-7-14(12-25)20(26)24-17-8-4-5-9-18(17)27-2/h4-5,8-9,11,13-14H,3,6-7,10,12H2,1-2H3,(H,24,26)/t14-/m0/s1. The van der Waals surface area contributed by atoms with Crippen molar-refractivity contribution in [3.63, 3.8) is 0 Å². The lowest BCUT2D eigenvalue weighted by Gasteiger charge is -2.33. The number of piperidine rings is 1. The summed E-state index contributed by atoms with van der Waals surface area (Å²) >= 11 is 1.72. The molecule has 4 rings (SSSR count). The van der Waals surface area contributed by atoms with Gasteiger partial charge in [-0.1, -0.05) is 19.1 Å². The van der Waals surface area contributed by atoms with Crippen molar-refractivity contribution in [1.29, 1.82) is 0 Å². The number of rotatable bonds is 5. The summed E-state index contributed by atoms with van der Waals surface area (Å²) in [4.78, 5) is 26.4. The number of para-hydroxylation sites is 2. The van der Waals surface area contributed by atoms with E-state index in [1.165, 1.54) is 4.88 Å². The van der Waals surface area contributed by atoms with Gasteiger partial charge in [-0.05, 0) is 37.5 Å². The van der Waals surface area contributed by atoms with Crippen molar-refractivity contribution in [3.8, 4) is 5.75 Å². The van der Waals surface area contributed by atoms with E-state index in [1.54, 1.807) is 24.8 Å². The maximum Gasteiger partial charge on any atom is 0.229 e. The third kappa shape index (κ3) is 3.67. The molecule has 3 aromatic rings. The number of carbonyl (C=O) groups is 1. The molecular weight excluding hydrogens is 372 g/mol. The first-order valence-corrected chi connectivity index (χ1v) is 10.4. The highest BCUT2D eigenvalue weighted by molar-refractivity contribution is 7.18. The minimum absolute atomic E-state index is 0.0269. The highest BCUT2D eigenvalue weighted by Gasteiger charge is 2.28. The molecule has 1 fully saturated rings. The van der Waals surface area contributed by atoms with Crippen molar-refractivity contribution in [2.75, 3.05) is 30.4 Å². The monoisotopic (exact) mass is 396 g/mol. The Bertz CT molecular complexity index is 987. The van der Waals surface area contributed by atoms with Gasteiger partial charge in [0.15, 0.2) is 0 Å². The van der Waals surface area contributed by atoms with E-state index in [1.807, 2.05) is 24.3 Å². The number of fused-ring (bicyclic) bond motifs is 1. The molecule has 0 unspecified atom stereocenters. The van der Waals surface area contributed by atoms with Crippen molar-refractivity contribution >= 4 is 39.0 Å². The van der Waals surface area contributed by atoms with Crippen LogP contribution < -0.4 is 15.0 Å². The molecule has 0 spiro atoms. The van der Waals surface area contributed by atoms with Crippen molar-refractivity contribution in [1.82, 2.24) is 9.97 Å². The van der Waals surface area contributed by atoms with E-state index < -0.39 is 0 Å². The lowest BCUT2D eigenvalue weighted by molar-refractivity contribution is -0.120. The Hall–Kier alpha value is -2.67. The van der Waals surface area contributed by atoms with Crippen LogP contribution >= 0.6 is 11.3 Å². The Morgan fingerprint density at radius 2 is 2.21 bits per heavy atom. The summed E-state index contributed by atoms with van der Waals surface area (Å²) in [6.45, 7) is 3.71. The van der Waals surface area contributed by atoms with Crippen molar-refractivity contribution < 1.29 is 9.53 Å². The second-order valence-corrected chi connectivity index (χ2v) is 8.07. The predicted molar refractivity (Wildman–Crippen MR) is 113 cm³/mol. The van der Waals surface area contributed by atoms with E-state index in [0.29, 0.717) is 18.0 Å². The zero-order valence-electron chi connectivity index (χ0n) is 16.1. The SMILES string of the molecule is CCc1cc2c(N3CCC[C@H](C(=O)Nc4ccccc4OC)C3)ncnc2s1. The van der Waals surface area contributed by atoms with Crippen LogP contribution in [0.15, 0.2) is 36.7 Å². The van der Waals surface area contributed by atoms with Gasteiger partial charge in [0.1, 0.15) is 22.7 Å². The molecule has 0 bridgehead atoms. The summed E-state index contributed by atoms with van der Waals surface area (Å²) < 4.78 is 5.34. The van der Waals surface area contributed by atoms with Crippen LogP contribution in [0.3, 0.4) is 0 Å². The number of amides is 1. The number of nitrogens with one attached hydrogen (secondary N) is 1. The third-order valence-corrected chi connectivity index (χ3v) is 6.35. The van der Waals surface area contributed by atoms with Crippen LogP contribution in [0, 0.1) is 5.92 Å². The summed E-state index contributed by atoms with van der Waals surface area (Å²) in [6, 6.07) is 9.69. The Morgan fingerprint density at radius 1 is 1.36 bits per heavy atom. The van der Waals surface area contributed by atoms with E-state index in [2.05, 4.69) is 33.2 Å². The molecule has 2 aromatic heterocycles. The highest BCUT2D eigenvalue weighted by Crippen LogP contribution is 2.33. The number of anilines is 2. The van der Waals surface area contributed by atoms with Gasteiger partial charge in [0.05, 0.1) is 24.1 Å². The Morgan fingerprint density at radius 3 is 3.04 bits per heavy atom. The van der Waals surface area contributed by atoms with Gasteiger partial charge in [0, 0.05) is 18.0 Å². The molecule has 7 heteroatoms. The van der Waals surface area contributed by atoms with Crippen molar-refractivity contribution in [2.24, 2.45) is 5.92 Å². The maximum atomic E-state index is 12.9. The zero-order valence-corrected chi connectivity index (χ0v) is 17.0. The van der Waals surface area contributed by atoms with Gasteiger partial charge in [-0.3, -0.25) is 4.79 Å². The number of ether oxygens (including phenoxy) is 1. The van der Waals surface area contributed by atoms with Crippen LogP contribution in [0.4, 0.5) is 11.5 Å². The van der Waals surface area contributed by atoms with E-state index >= 15 is 0 Å². The molecule has 0 radical (unpaired) electrons. The van der Waals surface area contributed by atoms with Crippen LogP contribution in [0.5, 0.6) is 5.75 Å². The number of nitrogens with zero attached hydrogens (tertiary/aromatic N) is 3. The highest BCUT2D eigenvalue weighted by atomic mass is 32.1.